The number of hydrogen-bond acceptors (Lipinski definition) is 5. The second-order valence-corrected chi connectivity index (χ2v) is 5.98. The Hall–Kier alpha value is -1.15. The van der Waals surface area contributed by atoms with E-state index in [9.17, 15) is 13.2 Å². The van der Waals surface area contributed by atoms with Gasteiger partial charge in [-0.25, -0.2) is 17.9 Å². The average molecular weight is 308 g/mol. The maximum atomic E-state index is 12.0. The van der Waals surface area contributed by atoms with E-state index in [0.29, 0.717) is 0 Å². The second-order valence-electron chi connectivity index (χ2n) is 3.84. The van der Waals surface area contributed by atoms with Gasteiger partial charge in [-0.15, -0.1) is 0 Å². The van der Waals surface area contributed by atoms with Gasteiger partial charge >= 0.3 is 5.97 Å². The number of carbonyl (C=O) groups excluding carboxylic acids is 1. The molecular formula is C11H14ClNO5S. The number of halogens is 1. The number of benzene rings is 1. The van der Waals surface area contributed by atoms with Crippen LogP contribution in [0.2, 0.25) is 5.02 Å². The van der Waals surface area contributed by atoms with Crippen LogP contribution in [0.1, 0.15) is 17.3 Å². The van der Waals surface area contributed by atoms with E-state index in [1.54, 1.807) is 0 Å². The molecule has 106 valence electrons. The van der Waals surface area contributed by atoms with Crippen molar-refractivity contribution in [3.05, 3.63) is 28.8 Å². The monoisotopic (exact) mass is 307 g/mol. The first kappa shape index (κ1) is 15.9. The van der Waals surface area contributed by atoms with E-state index in [1.165, 1.54) is 26.2 Å². The van der Waals surface area contributed by atoms with Crippen LogP contribution in [0.25, 0.3) is 0 Å². The van der Waals surface area contributed by atoms with E-state index in [1.807, 2.05) is 0 Å². The van der Waals surface area contributed by atoms with Gasteiger partial charge in [0, 0.05) is 6.54 Å². The Bertz CT molecular complexity index is 570. The van der Waals surface area contributed by atoms with Gasteiger partial charge in [0.1, 0.15) is 4.90 Å². The number of ether oxygens (including phenoxy) is 1. The van der Waals surface area contributed by atoms with Crippen LogP contribution in [0.4, 0.5) is 0 Å². The lowest BCUT2D eigenvalue weighted by molar-refractivity contribution is 0.0600. The van der Waals surface area contributed by atoms with Crippen molar-refractivity contribution in [3.8, 4) is 0 Å². The largest absolute Gasteiger partial charge is 0.465 e. The molecular weight excluding hydrogens is 294 g/mol. The Labute approximate surface area is 116 Å². The van der Waals surface area contributed by atoms with Crippen LogP contribution >= 0.6 is 11.6 Å². The number of nitrogens with one attached hydrogen (secondary N) is 1. The molecule has 0 aliphatic heterocycles. The van der Waals surface area contributed by atoms with Gasteiger partial charge in [0.05, 0.1) is 23.8 Å². The summed E-state index contributed by atoms with van der Waals surface area (Å²) in [6.07, 6.45) is -0.836. The van der Waals surface area contributed by atoms with E-state index in [-0.39, 0.29) is 22.0 Å². The molecule has 0 aliphatic rings. The van der Waals surface area contributed by atoms with Crippen LogP contribution in [0.15, 0.2) is 23.1 Å². The van der Waals surface area contributed by atoms with Crippen molar-refractivity contribution in [1.82, 2.24) is 4.72 Å². The summed E-state index contributed by atoms with van der Waals surface area (Å²) in [5, 5.41) is 9.06. The van der Waals surface area contributed by atoms with E-state index in [0.717, 1.165) is 6.07 Å². The summed E-state index contributed by atoms with van der Waals surface area (Å²) in [4.78, 5) is 11.1. The van der Waals surface area contributed by atoms with Crippen molar-refractivity contribution >= 4 is 27.6 Å². The van der Waals surface area contributed by atoms with E-state index >= 15 is 0 Å². The number of sulfonamides is 1. The molecule has 0 radical (unpaired) electrons. The third-order valence-corrected chi connectivity index (χ3v) is 4.12. The molecule has 1 aromatic carbocycles. The van der Waals surface area contributed by atoms with Crippen LogP contribution in [0.3, 0.4) is 0 Å². The zero-order chi connectivity index (χ0) is 14.6. The molecule has 1 rings (SSSR count). The lowest BCUT2D eigenvalue weighted by Crippen LogP contribution is -2.31. The van der Waals surface area contributed by atoms with E-state index in [4.69, 9.17) is 16.7 Å². The van der Waals surface area contributed by atoms with Crippen LogP contribution in [0, 0.1) is 0 Å². The summed E-state index contributed by atoms with van der Waals surface area (Å²) in [6, 6.07) is 3.78. The summed E-state index contributed by atoms with van der Waals surface area (Å²) >= 11 is 5.81. The number of rotatable bonds is 5. The van der Waals surface area contributed by atoms with Crippen molar-refractivity contribution in [3.63, 3.8) is 0 Å². The fourth-order valence-corrected chi connectivity index (χ4v) is 2.91. The number of aliphatic hydroxyl groups excluding tert-OH is 1. The molecule has 0 saturated heterocycles. The van der Waals surface area contributed by atoms with Crippen LogP contribution in [-0.2, 0) is 14.8 Å². The Morgan fingerprint density at radius 1 is 1.53 bits per heavy atom. The third kappa shape index (κ3) is 4.17. The number of carbonyl (C=O) groups is 1. The molecule has 2 N–H and O–H groups in total. The van der Waals surface area contributed by atoms with Crippen molar-refractivity contribution in [1.29, 1.82) is 0 Å². The molecule has 0 fully saturated rings. The van der Waals surface area contributed by atoms with Crippen molar-refractivity contribution in [2.45, 2.75) is 17.9 Å². The summed E-state index contributed by atoms with van der Waals surface area (Å²) in [6.45, 7) is 1.29. The molecule has 8 heteroatoms. The Kier molecular flexibility index (Phi) is 5.30. The molecule has 0 unspecified atom stereocenters. The quantitative estimate of drug-likeness (QED) is 0.784. The molecule has 6 nitrogen and oxygen atoms in total. The van der Waals surface area contributed by atoms with Crippen molar-refractivity contribution < 1.29 is 23.1 Å². The summed E-state index contributed by atoms with van der Waals surface area (Å²) < 4.78 is 30.6. The smallest absolute Gasteiger partial charge is 0.337 e. The van der Waals surface area contributed by atoms with Gasteiger partial charge in [0.25, 0.3) is 0 Å². The van der Waals surface area contributed by atoms with Crippen molar-refractivity contribution in [2.75, 3.05) is 13.7 Å². The zero-order valence-corrected chi connectivity index (χ0v) is 12.0. The first-order valence-electron chi connectivity index (χ1n) is 5.33. The molecule has 0 heterocycles. The summed E-state index contributed by atoms with van der Waals surface area (Å²) in [5.74, 6) is -0.663. The van der Waals surface area contributed by atoms with E-state index < -0.39 is 22.1 Å². The lowest BCUT2D eigenvalue weighted by Gasteiger charge is -2.10. The number of esters is 1. The molecule has 0 aromatic heterocycles. The first-order chi connectivity index (χ1) is 8.77. The summed E-state index contributed by atoms with van der Waals surface area (Å²) in [5.41, 5.74) is 0.0734. The molecule has 0 bridgehead atoms. The van der Waals surface area contributed by atoms with Crippen molar-refractivity contribution in [2.24, 2.45) is 0 Å². The van der Waals surface area contributed by atoms with E-state index in [2.05, 4.69) is 9.46 Å². The normalized spacial score (nSPS) is 13.1. The van der Waals surface area contributed by atoms with Gasteiger partial charge < -0.3 is 9.84 Å². The second kappa shape index (κ2) is 6.33. The predicted octanol–water partition coefficient (Wildman–Crippen LogP) is 0.786. The first-order valence-corrected chi connectivity index (χ1v) is 7.19. The minimum Gasteiger partial charge on any atom is -0.465 e. The maximum Gasteiger partial charge on any atom is 0.337 e. The average Bonchev–Trinajstić information content (AvgIpc) is 2.36. The van der Waals surface area contributed by atoms with Gasteiger partial charge in [-0.2, -0.15) is 0 Å². The van der Waals surface area contributed by atoms with Gasteiger partial charge in [0.15, 0.2) is 0 Å². The molecule has 19 heavy (non-hydrogen) atoms. The third-order valence-electron chi connectivity index (χ3n) is 2.21. The molecule has 1 atom stereocenters. The van der Waals surface area contributed by atoms with Crippen LogP contribution in [0.5, 0.6) is 0 Å². The molecule has 0 saturated carbocycles. The fourth-order valence-electron chi connectivity index (χ4n) is 1.26. The number of aliphatic hydroxyl groups is 1. The highest BCUT2D eigenvalue weighted by atomic mass is 35.5. The Balaban J connectivity index is 3.15. The molecule has 0 spiro atoms. The standard InChI is InChI=1S/C11H14ClNO5S/c1-7(14)6-13-19(16,17)10-5-8(11(15)18-2)3-4-9(10)12/h3-5,7,13-14H,6H2,1-2H3/t7-/m0/s1. The van der Waals surface area contributed by atoms with Crippen LogP contribution in [-0.4, -0.2) is 39.3 Å². The minimum absolute atomic E-state index is 0.0225. The number of methoxy groups -OCH3 is 1. The van der Waals surface area contributed by atoms with Crippen LogP contribution < -0.4 is 4.72 Å². The predicted molar refractivity (Wildman–Crippen MR) is 69.7 cm³/mol. The van der Waals surface area contributed by atoms with Gasteiger partial charge in [-0.05, 0) is 25.1 Å². The van der Waals surface area contributed by atoms with Gasteiger partial charge in [-0.3, -0.25) is 0 Å². The highest BCUT2D eigenvalue weighted by Crippen LogP contribution is 2.22. The zero-order valence-electron chi connectivity index (χ0n) is 10.4. The van der Waals surface area contributed by atoms with Gasteiger partial charge in [-0.1, -0.05) is 11.6 Å². The maximum absolute atomic E-state index is 12.0. The molecule has 0 aliphatic carbocycles. The molecule has 1 aromatic rings. The molecule has 0 amide bonds. The highest BCUT2D eigenvalue weighted by molar-refractivity contribution is 7.89. The van der Waals surface area contributed by atoms with Gasteiger partial charge in [0.2, 0.25) is 10.0 Å². The lowest BCUT2D eigenvalue weighted by atomic mass is 10.2. The minimum atomic E-state index is -3.90. The number of hydrogen-bond donors (Lipinski definition) is 2. The highest BCUT2D eigenvalue weighted by Gasteiger charge is 2.20. The Morgan fingerprint density at radius 2 is 2.16 bits per heavy atom. The summed E-state index contributed by atoms with van der Waals surface area (Å²) in [7, 11) is -2.71. The topological polar surface area (TPSA) is 92.7 Å². The Morgan fingerprint density at radius 3 is 2.68 bits per heavy atom. The SMILES string of the molecule is COC(=O)c1ccc(Cl)c(S(=O)(=O)NC[C@H](C)O)c1. The fraction of sp³-hybridized carbons (Fsp3) is 0.364.